The van der Waals surface area contributed by atoms with Gasteiger partial charge in [0.25, 0.3) is 0 Å². The molecule has 3 nitrogen and oxygen atoms in total. The second-order valence-corrected chi connectivity index (χ2v) is 5.68. The topological polar surface area (TPSA) is 49.5 Å². The maximum absolute atomic E-state index is 9.74. The molecular formula is C14H21ClN2O. The molecule has 0 radical (unpaired) electrons. The van der Waals surface area contributed by atoms with Crippen LogP contribution in [0.25, 0.3) is 0 Å². The van der Waals surface area contributed by atoms with Crippen LogP contribution in [0.2, 0.25) is 5.02 Å². The fourth-order valence-corrected chi connectivity index (χ4v) is 2.80. The van der Waals surface area contributed by atoms with Gasteiger partial charge >= 0.3 is 0 Å². The zero-order valence-electron chi connectivity index (χ0n) is 10.9. The second-order valence-electron chi connectivity index (χ2n) is 5.27. The van der Waals surface area contributed by atoms with Crippen molar-refractivity contribution in [1.29, 1.82) is 0 Å². The summed E-state index contributed by atoms with van der Waals surface area (Å²) in [6, 6.07) is 5.99. The number of halogens is 1. The maximum Gasteiger partial charge on any atom is 0.0599 e. The third-order valence-electron chi connectivity index (χ3n) is 3.70. The van der Waals surface area contributed by atoms with Gasteiger partial charge < -0.3 is 15.7 Å². The predicted octanol–water partition coefficient (Wildman–Crippen LogP) is 2.57. The number of rotatable bonds is 2. The lowest BCUT2D eigenvalue weighted by atomic mass is 9.96. The van der Waals surface area contributed by atoms with Gasteiger partial charge in [-0.3, -0.25) is 0 Å². The Morgan fingerprint density at radius 2 is 2.22 bits per heavy atom. The van der Waals surface area contributed by atoms with E-state index in [-0.39, 0.29) is 12.1 Å². The van der Waals surface area contributed by atoms with Crippen molar-refractivity contribution < 1.29 is 5.11 Å². The van der Waals surface area contributed by atoms with Crippen LogP contribution in [0.3, 0.4) is 0 Å². The zero-order valence-corrected chi connectivity index (χ0v) is 11.7. The molecule has 0 amide bonds. The summed E-state index contributed by atoms with van der Waals surface area (Å²) in [7, 11) is 0. The van der Waals surface area contributed by atoms with Gasteiger partial charge in [-0.1, -0.05) is 24.6 Å². The molecule has 0 spiro atoms. The quantitative estimate of drug-likeness (QED) is 0.867. The van der Waals surface area contributed by atoms with Gasteiger partial charge in [0, 0.05) is 29.8 Å². The van der Waals surface area contributed by atoms with Gasteiger partial charge in [-0.05, 0) is 37.0 Å². The first-order valence-electron chi connectivity index (χ1n) is 6.47. The molecule has 1 aromatic rings. The van der Waals surface area contributed by atoms with Crippen molar-refractivity contribution in [2.24, 2.45) is 11.7 Å². The molecule has 4 heteroatoms. The van der Waals surface area contributed by atoms with E-state index in [1.165, 1.54) is 0 Å². The Morgan fingerprint density at radius 1 is 1.50 bits per heavy atom. The molecule has 2 rings (SSSR count). The van der Waals surface area contributed by atoms with Gasteiger partial charge in [0.1, 0.15) is 0 Å². The van der Waals surface area contributed by atoms with E-state index in [0.29, 0.717) is 5.92 Å². The summed E-state index contributed by atoms with van der Waals surface area (Å²) < 4.78 is 0. The van der Waals surface area contributed by atoms with E-state index in [2.05, 4.69) is 17.9 Å². The fraction of sp³-hybridized carbons (Fsp3) is 0.571. The van der Waals surface area contributed by atoms with Crippen molar-refractivity contribution in [2.75, 3.05) is 18.0 Å². The molecule has 1 aliphatic rings. The van der Waals surface area contributed by atoms with E-state index >= 15 is 0 Å². The van der Waals surface area contributed by atoms with Gasteiger partial charge in [0.2, 0.25) is 0 Å². The van der Waals surface area contributed by atoms with Crippen molar-refractivity contribution in [2.45, 2.75) is 32.4 Å². The van der Waals surface area contributed by atoms with Crippen molar-refractivity contribution >= 4 is 17.3 Å². The molecule has 1 aliphatic heterocycles. The fourth-order valence-electron chi connectivity index (χ4n) is 2.45. The summed E-state index contributed by atoms with van der Waals surface area (Å²) in [6.07, 6.45) is 0.633. The monoisotopic (exact) mass is 268 g/mol. The van der Waals surface area contributed by atoms with Crippen LogP contribution in [0.5, 0.6) is 0 Å². The van der Waals surface area contributed by atoms with Crippen LogP contribution in [-0.2, 0) is 0 Å². The van der Waals surface area contributed by atoms with Crippen molar-refractivity contribution in [3.63, 3.8) is 0 Å². The van der Waals surface area contributed by atoms with E-state index in [9.17, 15) is 5.11 Å². The molecule has 100 valence electrons. The van der Waals surface area contributed by atoms with Gasteiger partial charge in [-0.15, -0.1) is 0 Å². The lowest BCUT2D eigenvalue weighted by Gasteiger charge is -2.36. The van der Waals surface area contributed by atoms with Crippen LogP contribution in [0, 0.1) is 5.92 Å². The standard InChI is InChI=1S/C14H21ClN2O/c1-9-8-17(6-5-14(9)18)11-3-4-12(10(2)16)13(15)7-11/h3-4,7,9-10,14,18H,5-6,8,16H2,1-2H3. The van der Waals surface area contributed by atoms with Crippen LogP contribution >= 0.6 is 11.6 Å². The van der Waals surface area contributed by atoms with Gasteiger partial charge in [0.15, 0.2) is 0 Å². The van der Waals surface area contributed by atoms with Crippen LogP contribution in [-0.4, -0.2) is 24.3 Å². The van der Waals surface area contributed by atoms with Crippen molar-refractivity contribution in [3.05, 3.63) is 28.8 Å². The molecular weight excluding hydrogens is 248 g/mol. The third-order valence-corrected chi connectivity index (χ3v) is 4.03. The first kappa shape index (κ1) is 13.7. The Morgan fingerprint density at radius 3 is 2.78 bits per heavy atom. The normalized spacial score (nSPS) is 26.2. The molecule has 3 atom stereocenters. The summed E-state index contributed by atoms with van der Waals surface area (Å²) in [5.41, 5.74) is 7.94. The summed E-state index contributed by atoms with van der Waals surface area (Å²) in [6.45, 7) is 5.75. The Hall–Kier alpha value is -0.770. The van der Waals surface area contributed by atoms with Gasteiger partial charge in [-0.25, -0.2) is 0 Å². The molecule has 0 aliphatic carbocycles. The van der Waals surface area contributed by atoms with Crippen molar-refractivity contribution in [1.82, 2.24) is 0 Å². The van der Waals surface area contributed by atoms with E-state index in [0.717, 1.165) is 35.8 Å². The summed E-state index contributed by atoms with van der Waals surface area (Å²) >= 11 is 6.25. The van der Waals surface area contributed by atoms with E-state index in [1.54, 1.807) is 0 Å². The minimum Gasteiger partial charge on any atom is -0.393 e. The lowest BCUT2D eigenvalue weighted by Crippen LogP contribution is -2.41. The van der Waals surface area contributed by atoms with Gasteiger partial charge in [0.05, 0.1) is 6.10 Å². The first-order valence-corrected chi connectivity index (χ1v) is 6.85. The highest BCUT2D eigenvalue weighted by Gasteiger charge is 2.24. The third kappa shape index (κ3) is 2.79. The molecule has 0 aromatic heterocycles. The average Bonchev–Trinajstić information content (AvgIpc) is 2.32. The lowest BCUT2D eigenvalue weighted by molar-refractivity contribution is 0.0971. The SMILES string of the molecule is CC(N)c1ccc(N2CCC(O)C(C)C2)cc1Cl. The number of anilines is 1. The number of benzene rings is 1. The molecule has 1 heterocycles. The maximum atomic E-state index is 9.74. The van der Waals surface area contributed by atoms with E-state index in [1.807, 2.05) is 19.1 Å². The highest BCUT2D eigenvalue weighted by Crippen LogP contribution is 2.29. The van der Waals surface area contributed by atoms with Crippen LogP contribution in [0.1, 0.15) is 31.9 Å². The summed E-state index contributed by atoms with van der Waals surface area (Å²) in [5.74, 6) is 0.297. The molecule has 0 saturated carbocycles. The minimum atomic E-state index is -0.181. The highest BCUT2D eigenvalue weighted by atomic mass is 35.5. The molecule has 0 bridgehead atoms. The van der Waals surface area contributed by atoms with Crippen LogP contribution in [0.4, 0.5) is 5.69 Å². The number of nitrogens with zero attached hydrogens (tertiary/aromatic N) is 1. The van der Waals surface area contributed by atoms with E-state index in [4.69, 9.17) is 17.3 Å². The number of hydrogen-bond donors (Lipinski definition) is 2. The Kier molecular flexibility index (Phi) is 4.15. The summed E-state index contributed by atoms with van der Waals surface area (Å²) in [4.78, 5) is 2.27. The van der Waals surface area contributed by atoms with Gasteiger partial charge in [-0.2, -0.15) is 0 Å². The zero-order chi connectivity index (χ0) is 13.3. The predicted molar refractivity (Wildman–Crippen MR) is 76.1 cm³/mol. The van der Waals surface area contributed by atoms with Crippen LogP contribution in [0.15, 0.2) is 18.2 Å². The molecule has 1 fully saturated rings. The number of nitrogens with two attached hydrogens (primary N) is 1. The Balaban J connectivity index is 2.17. The largest absolute Gasteiger partial charge is 0.393 e. The molecule has 1 saturated heterocycles. The van der Waals surface area contributed by atoms with Crippen molar-refractivity contribution in [3.8, 4) is 0 Å². The van der Waals surface area contributed by atoms with E-state index < -0.39 is 0 Å². The van der Waals surface area contributed by atoms with Crippen LogP contribution < -0.4 is 10.6 Å². The molecule has 1 aromatic carbocycles. The number of piperidine rings is 1. The number of aliphatic hydroxyl groups excluding tert-OH is 1. The average molecular weight is 269 g/mol. The first-order chi connectivity index (χ1) is 8.49. The molecule has 18 heavy (non-hydrogen) atoms. The Bertz CT molecular complexity index is 422. The molecule has 3 unspecified atom stereocenters. The summed E-state index contributed by atoms with van der Waals surface area (Å²) in [5, 5.41) is 10.5. The highest BCUT2D eigenvalue weighted by molar-refractivity contribution is 6.31. The smallest absolute Gasteiger partial charge is 0.0599 e. The number of aliphatic hydroxyl groups is 1. The minimum absolute atomic E-state index is 0.0475. The molecule has 3 N–H and O–H groups in total. The second kappa shape index (κ2) is 5.47. The number of hydrogen-bond acceptors (Lipinski definition) is 3. The Labute approximate surface area is 114 Å².